The first-order valence-electron chi connectivity index (χ1n) is 5.83. The second-order valence-corrected chi connectivity index (χ2v) is 6.72. The van der Waals surface area contributed by atoms with Crippen molar-refractivity contribution in [3.05, 3.63) is 60.7 Å². The molecule has 3 rings (SSSR count). The van der Waals surface area contributed by atoms with Crippen LogP contribution in [0.2, 0.25) is 0 Å². The van der Waals surface area contributed by atoms with Gasteiger partial charge in [0.05, 0.1) is 20.3 Å². The number of benzene rings is 2. The molecule has 17 heavy (non-hydrogen) atoms. The molecule has 2 N–H and O–H groups in total. The molecule has 88 valence electrons. The van der Waals surface area contributed by atoms with E-state index in [0.29, 0.717) is 0 Å². The zero-order valence-corrected chi connectivity index (χ0v) is 10.4. The minimum atomic E-state index is -1.34. The van der Waals surface area contributed by atoms with Gasteiger partial charge in [-0.15, -0.1) is 0 Å². The van der Waals surface area contributed by atoms with Gasteiger partial charge in [-0.2, -0.15) is 0 Å². The normalized spacial score (nSPS) is 20.0. The summed E-state index contributed by atoms with van der Waals surface area (Å²) in [5.74, 6) is 0. The fourth-order valence-electron chi connectivity index (χ4n) is 2.15. The smallest absolute Gasteiger partial charge is 0.115 e. The maximum absolute atomic E-state index is 6.14. The van der Waals surface area contributed by atoms with Crippen molar-refractivity contribution in [3.8, 4) is 0 Å². The van der Waals surface area contributed by atoms with Crippen LogP contribution in [-0.2, 0) is 4.18 Å². The Morgan fingerprint density at radius 3 is 1.76 bits per heavy atom. The largest absolute Gasteiger partial charge is 0.279 e. The SMILES string of the molecule is c1ccc(S2(c3ccccc3)[NH2+]CCO2)cc1. The molecule has 0 aromatic heterocycles. The van der Waals surface area contributed by atoms with E-state index in [1.807, 2.05) is 0 Å². The van der Waals surface area contributed by atoms with Gasteiger partial charge in [-0.05, 0) is 24.3 Å². The van der Waals surface area contributed by atoms with Crippen molar-refractivity contribution < 1.29 is 8.91 Å². The fourth-order valence-corrected chi connectivity index (χ4v) is 5.09. The van der Waals surface area contributed by atoms with Crippen molar-refractivity contribution in [1.82, 2.24) is 0 Å². The fraction of sp³-hybridized carbons (Fsp3) is 0.143. The number of rotatable bonds is 2. The molecule has 0 radical (unpaired) electrons. The topological polar surface area (TPSA) is 25.8 Å². The van der Waals surface area contributed by atoms with E-state index in [9.17, 15) is 0 Å². The molecule has 3 heteroatoms. The summed E-state index contributed by atoms with van der Waals surface area (Å²) in [5, 5.41) is 0. The van der Waals surface area contributed by atoms with Crippen molar-refractivity contribution in [3.63, 3.8) is 0 Å². The molecule has 1 heterocycles. The highest BCUT2D eigenvalue weighted by molar-refractivity contribution is 8.24. The summed E-state index contributed by atoms with van der Waals surface area (Å²) in [6, 6.07) is 21.1. The third-order valence-corrected chi connectivity index (χ3v) is 6.11. The van der Waals surface area contributed by atoms with Crippen molar-refractivity contribution in [1.29, 1.82) is 0 Å². The molecule has 0 aliphatic carbocycles. The Balaban J connectivity index is 2.11. The molecule has 1 saturated heterocycles. The summed E-state index contributed by atoms with van der Waals surface area (Å²) in [4.78, 5) is 2.59. The van der Waals surface area contributed by atoms with Gasteiger partial charge < -0.3 is 0 Å². The molecule has 0 spiro atoms. The Morgan fingerprint density at radius 1 is 0.824 bits per heavy atom. The van der Waals surface area contributed by atoms with Crippen LogP contribution in [0.5, 0.6) is 0 Å². The van der Waals surface area contributed by atoms with Gasteiger partial charge in [0.2, 0.25) is 0 Å². The Bertz CT molecular complexity index is 439. The molecule has 1 aliphatic heterocycles. The van der Waals surface area contributed by atoms with Crippen LogP contribution >= 0.6 is 10.5 Å². The first-order chi connectivity index (χ1) is 8.42. The van der Waals surface area contributed by atoms with Crippen molar-refractivity contribution in [2.75, 3.05) is 13.2 Å². The Hall–Kier alpha value is -1.29. The zero-order valence-electron chi connectivity index (χ0n) is 9.58. The van der Waals surface area contributed by atoms with Crippen LogP contribution in [0.25, 0.3) is 0 Å². The van der Waals surface area contributed by atoms with Crippen LogP contribution < -0.4 is 4.72 Å². The molecule has 2 aromatic carbocycles. The average molecular weight is 246 g/mol. The summed E-state index contributed by atoms with van der Waals surface area (Å²) >= 11 is 0. The quantitative estimate of drug-likeness (QED) is 0.864. The first-order valence-corrected chi connectivity index (χ1v) is 7.45. The van der Waals surface area contributed by atoms with Crippen molar-refractivity contribution in [2.45, 2.75) is 9.79 Å². The highest BCUT2D eigenvalue weighted by atomic mass is 32.3. The molecule has 2 nitrogen and oxygen atoms in total. The molecular formula is C14H16NOS+. The maximum Gasteiger partial charge on any atom is 0.115 e. The summed E-state index contributed by atoms with van der Waals surface area (Å²) in [6.45, 7) is 1.87. The number of hydrogen-bond donors (Lipinski definition) is 1. The van der Waals surface area contributed by atoms with Crippen LogP contribution in [0.3, 0.4) is 0 Å². The third-order valence-electron chi connectivity index (χ3n) is 2.93. The highest BCUT2D eigenvalue weighted by Gasteiger charge is 2.37. The lowest BCUT2D eigenvalue weighted by Crippen LogP contribution is -2.80. The Morgan fingerprint density at radius 2 is 1.35 bits per heavy atom. The van der Waals surface area contributed by atoms with E-state index in [2.05, 4.69) is 65.4 Å². The number of quaternary nitrogens is 1. The van der Waals surface area contributed by atoms with Crippen LogP contribution in [-0.4, -0.2) is 13.2 Å². The molecular weight excluding hydrogens is 230 g/mol. The standard InChI is InChI=1S/C14H15NOS/c1-3-7-13(8-4-1)17(15-11-12-16-17)14-9-5-2-6-10-14/h1-10,15H,11-12H2/p+1. The molecule has 0 unspecified atom stereocenters. The summed E-state index contributed by atoms with van der Waals surface area (Å²) in [6.07, 6.45) is 0. The lowest BCUT2D eigenvalue weighted by Gasteiger charge is -2.30. The van der Waals surface area contributed by atoms with E-state index in [4.69, 9.17) is 4.18 Å². The van der Waals surface area contributed by atoms with Gasteiger partial charge in [0.15, 0.2) is 0 Å². The second-order valence-electron chi connectivity index (χ2n) is 4.00. The van der Waals surface area contributed by atoms with Gasteiger partial charge in [-0.25, -0.2) is 0 Å². The van der Waals surface area contributed by atoms with Gasteiger partial charge in [0.25, 0.3) is 0 Å². The minimum absolute atomic E-state index is 0.832. The van der Waals surface area contributed by atoms with Crippen LogP contribution in [0.1, 0.15) is 0 Å². The van der Waals surface area contributed by atoms with E-state index < -0.39 is 10.5 Å². The summed E-state index contributed by atoms with van der Waals surface area (Å²) in [5.41, 5.74) is 0. The van der Waals surface area contributed by atoms with Gasteiger partial charge >= 0.3 is 0 Å². The molecule has 0 amide bonds. The molecule has 2 aromatic rings. The highest BCUT2D eigenvalue weighted by Crippen LogP contribution is 2.56. The van der Waals surface area contributed by atoms with E-state index in [1.165, 1.54) is 9.79 Å². The first kappa shape index (κ1) is 10.8. The predicted octanol–water partition coefficient (Wildman–Crippen LogP) is 2.33. The second kappa shape index (κ2) is 4.53. The van der Waals surface area contributed by atoms with E-state index in [0.717, 1.165) is 13.2 Å². The molecule has 1 aliphatic rings. The van der Waals surface area contributed by atoms with Gasteiger partial charge in [0.1, 0.15) is 13.2 Å². The van der Waals surface area contributed by atoms with Crippen molar-refractivity contribution >= 4 is 10.5 Å². The van der Waals surface area contributed by atoms with Gasteiger partial charge in [-0.1, -0.05) is 36.4 Å². The molecule has 0 atom stereocenters. The van der Waals surface area contributed by atoms with E-state index >= 15 is 0 Å². The van der Waals surface area contributed by atoms with Crippen LogP contribution in [0.4, 0.5) is 0 Å². The maximum atomic E-state index is 6.14. The lowest BCUT2D eigenvalue weighted by molar-refractivity contribution is -0.479. The third kappa shape index (κ3) is 1.86. The summed E-state index contributed by atoms with van der Waals surface area (Å²) in [7, 11) is -1.34. The van der Waals surface area contributed by atoms with Crippen LogP contribution in [0, 0.1) is 0 Å². The zero-order chi connectivity index (χ0) is 11.6. The Kier molecular flexibility index (Phi) is 2.89. The number of hydrogen-bond acceptors (Lipinski definition) is 1. The van der Waals surface area contributed by atoms with Crippen LogP contribution in [0.15, 0.2) is 70.5 Å². The van der Waals surface area contributed by atoms with Crippen molar-refractivity contribution in [2.24, 2.45) is 0 Å². The molecule has 0 saturated carbocycles. The number of nitrogens with two attached hydrogens (primary N) is 1. The van der Waals surface area contributed by atoms with E-state index in [-0.39, 0.29) is 0 Å². The lowest BCUT2D eigenvalue weighted by atomic mass is 10.4. The molecule has 0 bridgehead atoms. The summed E-state index contributed by atoms with van der Waals surface area (Å²) < 4.78 is 8.50. The predicted molar refractivity (Wildman–Crippen MR) is 69.8 cm³/mol. The molecule has 1 fully saturated rings. The minimum Gasteiger partial charge on any atom is -0.279 e. The van der Waals surface area contributed by atoms with Gasteiger partial charge in [0, 0.05) is 0 Å². The monoisotopic (exact) mass is 246 g/mol. The Labute approximate surface area is 103 Å². The average Bonchev–Trinajstić information content (AvgIpc) is 2.91. The van der Waals surface area contributed by atoms with E-state index in [1.54, 1.807) is 0 Å². The van der Waals surface area contributed by atoms with Gasteiger partial charge in [-0.3, -0.25) is 8.91 Å².